The normalized spacial score (nSPS) is 27.3. The van der Waals surface area contributed by atoms with E-state index in [9.17, 15) is 4.79 Å². The van der Waals surface area contributed by atoms with E-state index in [2.05, 4.69) is 12.2 Å². The molecular formula is C11H21ClN2O2. The molecule has 0 aromatic heterocycles. The van der Waals surface area contributed by atoms with Crippen LogP contribution in [0.4, 0.5) is 0 Å². The topological polar surface area (TPSA) is 41.6 Å². The summed E-state index contributed by atoms with van der Waals surface area (Å²) in [7, 11) is 0. The molecule has 2 fully saturated rings. The number of halogens is 1. The van der Waals surface area contributed by atoms with Gasteiger partial charge < -0.3 is 15.0 Å². The number of carbonyl (C=O) groups excluding carboxylic acids is 1. The fourth-order valence-electron chi connectivity index (χ4n) is 2.17. The summed E-state index contributed by atoms with van der Waals surface area (Å²) in [6.45, 7) is 6.13. The van der Waals surface area contributed by atoms with Crippen LogP contribution in [0.1, 0.15) is 19.8 Å². The number of piperidine rings is 1. The maximum atomic E-state index is 12.0. The van der Waals surface area contributed by atoms with Crippen LogP contribution in [0, 0.1) is 5.92 Å². The molecule has 0 spiro atoms. The van der Waals surface area contributed by atoms with Crippen molar-refractivity contribution in [2.75, 3.05) is 32.8 Å². The van der Waals surface area contributed by atoms with Gasteiger partial charge in [-0.3, -0.25) is 4.79 Å². The number of likely N-dealkylation sites (tertiary alicyclic amines) is 1. The highest BCUT2D eigenvalue weighted by Crippen LogP contribution is 2.16. The first-order valence-corrected chi connectivity index (χ1v) is 5.87. The summed E-state index contributed by atoms with van der Waals surface area (Å²) in [6.07, 6.45) is 2.28. The molecule has 0 saturated carbocycles. The third kappa shape index (κ3) is 3.34. The van der Waals surface area contributed by atoms with Gasteiger partial charge in [-0.15, -0.1) is 12.4 Å². The summed E-state index contributed by atoms with van der Waals surface area (Å²) < 4.78 is 5.31. The SMILES string of the molecule is CC1CCN(C(=O)C2COCCN2)CC1.Cl. The zero-order valence-corrected chi connectivity index (χ0v) is 10.6. The van der Waals surface area contributed by atoms with Crippen molar-refractivity contribution < 1.29 is 9.53 Å². The molecule has 2 rings (SSSR count). The lowest BCUT2D eigenvalue weighted by molar-refractivity contribution is -0.137. The van der Waals surface area contributed by atoms with Crippen molar-refractivity contribution in [1.82, 2.24) is 10.2 Å². The first kappa shape index (κ1) is 13.7. The third-order valence-corrected chi connectivity index (χ3v) is 3.32. The van der Waals surface area contributed by atoms with Crippen molar-refractivity contribution in [3.05, 3.63) is 0 Å². The van der Waals surface area contributed by atoms with Crippen molar-refractivity contribution in [1.29, 1.82) is 0 Å². The number of nitrogens with zero attached hydrogens (tertiary/aromatic N) is 1. The van der Waals surface area contributed by atoms with Gasteiger partial charge in [-0.05, 0) is 18.8 Å². The lowest BCUT2D eigenvalue weighted by Gasteiger charge is -2.34. The van der Waals surface area contributed by atoms with Crippen LogP contribution in [-0.2, 0) is 9.53 Å². The molecular weight excluding hydrogens is 228 g/mol. The molecule has 16 heavy (non-hydrogen) atoms. The van der Waals surface area contributed by atoms with Crippen LogP contribution in [0.5, 0.6) is 0 Å². The predicted octanol–water partition coefficient (Wildman–Crippen LogP) is 0.655. The minimum absolute atomic E-state index is 0. The molecule has 2 heterocycles. The Kier molecular flexibility index (Phi) is 5.52. The van der Waals surface area contributed by atoms with Crippen LogP contribution in [0.3, 0.4) is 0 Å². The summed E-state index contributed by atoms with van der Waals surface area (Å²) in [6, 6.07) is -0.104. The molecule has 1 N–H and O–H groups in total. The molecule has 2 saturated heterocycles. The largest absolute Gasteiger partial charge is 0.378 e. The second-order valence-electron chi connectivity index (χ2n) is 4.59. The van der Waals surface area contributed by atoms with Crippen molar-refractivity contribution in [2.45, 2.75) is 25.8 Å². The molecule has 1 unspecified atom stereocenters. The Morgan fingerprint density at radius 2 is 2.06 bits per heavy atom. The molecule has 94 valence electrons. The Morgan fingerprint density at radius 3 is 2.62 bits per heavy atom. The highest BCUT2D eigenvalue weighted by Gasteiger charge is 2.28. The van der Waals surface area contributed by atoms with E-state index >= 15 is 0 Å². The minimum atomic E-state index is -0.104. The highest BCUT2D eigenvalue weighted by molar-refractivity contribution is 5.85. The van der Waals surface area contributed by atoms with E-state index in [1.165, 1.54) is 0 Å². The number of amides is 1. The van der Waals surface area contributed by atoms with E-state index in [0.717, 1.165) is 45.0 Å². The van der Waals surface area contributed by atoms with Gasteiger partial charge in [0.05, 0.1) is 13.2 Å². The molecule has 5 heteroatoms. The van der Waals surface area contributed by atoms with Crippen LogP contribution in [0.15, 0.2) is 0 Å². The maximum absolute atomic E-state index is 12.0. The van der Waals surface area contributed by atoms with E-state index in [1.807, 2.05) is 4.90 Å². The molecule has 1 amide bonds. The highest BCUT2D eigenvalue weighted by atomic mass is 35.5. The van der Waals surface area contributed by atoms with Gasteiger partial charge in [0.15, 0.2) is 0 Å². The molecule has 0 aromatic rings. The third-order valence-electron chi connectivity index (χ3n) is 3.32. The van der Waals surface area contributed by atoms with Gasteiger partial charge >= 0.3 is 0 Å². The number of rotatable bonds is 1. The zero-order valence-electron chi connectivity index (χ0n) is 9.78. The number of hydrogen-bond donors (Lipinski definition) is 1. The van der Waals surface area contributed by atoms with Gasteiger partial charge in [0.25, 0.3) is 0 Å². The van der Waals surface area contributed by atoms with Crippen molar-refractivity contribution in [2.24, 2.45) is 5.92 Å². The Balaban J connectivity index is 0.00000128. The van der Waals surface area contributed by atoms with Gasteiger partial charge in [-0.1, -0.05) is 6.92 Å². The van der Waals surface area contributed by atoms with Crippen molar-refractivity contribution >= 4 is 18.3 Å². The number of hydrogen-bond acceptors (Lipinski definition) is 3. The molecule has 0 aromatic carbocycles. The monoisotopic (exact) mass is 248 g/mol. The molecule has 4 nitrogen and oxygen atoms in total. The van der Waals surface area contributed by atoms with E-state index in [1.54, 1.807) is 0 Å². The predicted molar refractivity (Wildman–Crippen MR) is 64.8 cm³/mol. The van der Waals surface area contributed by atoms with Gasteiger partial charge in [-0.2, -0.15) is 0 Å². The standard InChI is InChI=1S/C11H20N2O2.ClH/c1-9-2-5-13(6-3-9)11(14)10-8-15-7-4-12-10;/h9-10,12H,2-8H2,1H3;1H. The Labute approximate surface area is 103 Å². The Morgan fingerprint density at radius 1 is 1.38 bits per heavy atom. The molecule has 0 bridgehead atoms. The smallest absolute Gasteiger partial charge is 0.242 e. The summed E-state index contributed by atoms with van der Waals surface area (Å²) >= 11 is 0. The molecule has 2 aliphatic heterocycles. The summed E-state index contributed by atoms with van der Waals surface area (Å²) in [5.74, 6) is 0.992. The summed E-state index contributed by atoms with van der Waals surface area (Å²) in [5.41, 5.74) is 0. The quantitative estimate of drug-likeness (QED) is 0.741. The van der Waals surface area contributed by atoms with Gasteiger partial charge in [-0.25, -0.2) is 0 Å². The summed E-state index contributed by atoms with van der Waals surface area (Å²) in [4.78, 5) is 14.0. The first-order chi connectivity index (χ1) is 7.27. The fraction of sp³-hybridized carbons (Fsp3) is 0.909. The first-order valence-electron chi connectivity index (χ1n) is 5.87. The summed E-state index contributed by atoms with van der Waals surface area (Å²) in [5, 5.41) is 3.21. The van der Waals surface area contributed by atoms with Crippen molar-refractivity contribution in [3.63, 3.8) is 0 Å². The molecule has 2 aliphatic rings. The van der Waals surface area contributed by atoms with E-state index in [4.69, 9.17) is 4.74 Å². The average molecular weight is 249 g/mol. The van der Waals surface area contributed by atoms with E-state index < -0.39 is 0 Å². The van der Waals surface area contributed by atoms with Gasteiger partial charge in [0.1, 0.15) is 6.04 Å². The zero-order chi connectivity index (χ0) is 10.7. The number of morpholine rings is 1. The molecule has 0 aliphatic carbocycles. The average Bonchev–Trinajstić information content (AvgIpc) is 2.30. The van der Waals surface area contributed by atoms with Gasteiger partial charge in [0, 0.05) is 19.6 Å². The van der Waals surface area contributed by atoms with Crippen LogP contribution < -0.4 is 5.32 Å². The fourth-order valence-corrected chi connectivity index (χ4v) is 2.17. The lowest BCUT2D eigenvalue weighted by Crippen LogP contribution is -2.53. The minimum Gasteiger partial charge on any atom is -0.378 e. The van der Waals surface area contributed by atoms with Gasteiger partial charge in [0.2, 0.25) is 5.91 Å². The van der Waals surface area contributed by atoms with E-state index in [-0.39, 0.29) is 24.4 Å². The Hall–Kier alpha value is -0.320. The van der Waals surface area contributed by atoms with Crippen LogP contribution >= 0.6 is 12.4 Å². The second kappa shape index (κ2) is 6.42. The molecule has 0 radical (unpaired) electrons. The molecule has 1 atom stereocenters. The maximum Gasteiger partial charge on any atom is 0.242 e. The van der Waals surface area contributed by atoms with Crippen molar-refractivity contribution in [3.8, 4) is 0 Å². The second-order valence-corrected chi connectivity index (χ2v) is 4.59. The van der Waals surface area contributed by atoms with Crippen LogP contribution in [0.25, 0.3) is 0 Å². The van der Waals surface area contributed by atoms with Crippen LogP contribution in [-0.4, -0.2) is 49.7 Å². The number of carbonyl (C=O) groups is 1. The Bertz CT molecular complexity index is 224. The number of ether oxygens (including phenoxy) is 1. The van der Waals surface area contributed by atoms with E-state index in [0.29, 0.717) is 6.61 Å². The lowest BCUT2D eigenvalue weighted by atomic mass is 9.98. The number of nitrogens with one attached hydrogen (secondary N) is 1. The van der Waals surface area contributed by atoms with Crippen LogP contribution in [0.2, 0.25) is 0 Å².